The monoisotopic (exact) mass is 299 g/mol. The first-order valence-electron chi connectivity index (χ1n) is 6.47. The Morgan fingerprint density at radius 3 is 2.76 bits per heavy atom. The fourth-order valence-corrected chi connectivity index (χ4v) is 2.56. The van der Waals surface area contributed by atoms with Crippen LogP contribution >= 0.6 is 11.6 Å². The first-order valence-corrected chi connectivity index (χ1v) is 7.00. The zero-order chi connectivity index (χ0) is 14.8. The van der Waals surface area contributed by atoms with Gasteiger partial charge in [-0.05, 0) is 30.3 Å². The molecule has 1 heterocycles. The molecule has 0 aliphatic heterocycles. The summed E-state index contributed by atoms with van der Waals surface area (Å²) in [6.45, 7) is 0. The average Bonchev–Trinajstić information content (AvgIpc) is 2.85. The summed E-state index contributed by atoms with van der Waals surface area (Å²) in [7, 11) is 0. The quantitative estimate of drug-likeness (QED) is 0.690. The van der Waals surface area contributed by atoms with Gasteiger partial charge in [-0.1, -0.05) is 12.1 Å². The van der Waals surface area contributed by atoms with Gasteiger partial charge < -0.3 is 0 Å². The lowest BCUT2D eigenvalue weighted by Crippen LogP contribution is -2.02. The molecule has 2 aromatic carbocycles. The van der Waals surface area contributed by atoms with Crippen LogP contribution in [0.2, 0.25) is 0 Å². The average molecular weight is 300 g/mol. The highest BCUT2D eigenvalue weighted by molar-refractivity contribution is 6.18. The molecule has 0 saturated heterocycles. The lowest BCUT2D eigenvalue weighted by molar-refractivity contribution is 0.626. The third kappa shape index (κ3) is 2.37. The van der Waals surface area contributed by atoms with Crippen LogP contribution in [0, 0.1) is 17.1 Å². The molecule has 0 amide bonds. The summed E-state index contributed by atoms with van der Waals surface area (Å²) in [4.78, 5) is 4.51. The van der Waals surface area contributed by atoms with E-state index in [1.54, 1.807) is 24.3 Å². The minimum absolute atomic E-state index is 0.317. The molecule has 104 valence electrons. The van der Waals surface area contributed by atoms with Gasteiger partial charge in [0.2, 0.25) is 0 Å². The molecular formula is C16H11ClFN3. The summed E-state index contributed by atoms with van der Waals surface area (Å²) in [6.07, 6.45) is 0.539. The van der Waals surface area contributed by atoms with Crippen molar-refractivity contribution < 1.29 is 4.39 Å². The van der Waals surface area contributed by atoms with Gasteiger partial charge in [-0.3, -0.25) is 4.57 Å². The van der Waals surface area contributed by atoms with Crippen molar-refractivity contribution >= 4 is 22.6 Å². The van der Waals surface area contributed by atoms with Gasteiger partial charge in [0.05, 0.1) is 16.8 Å². The highest BCUT2D eigenvalue weighted by Crippen LogP contribution is 2.24. The van der Waals surface area contributed by atoms with E-state index in [-0.39, 0.29) is 5.82 Å². The molecule has 0 atom stereocenters. The fourth-order valence-electron chi connectivity index (χ4n) is 2.39. The molecule has 21 heavy (non-hydrogen) atoms. The van der Waals surface area contributed by atoms with Crippen LogP contribution in [0.15, 0.2) is 42.5 Å². The van der Waals surface area contributed by atoms with Crippen molar-refractivity contribution in [1.29, 1.82) is 5.26 Å². The van der Waals surface area contributed by atoms with Crippen LogP contribution in [0.1, 0.15) is 11.4 Å². The molecule has 0 saturated carbocycles. The van der Waals surface area contributed by atoms with Crippen LogP contribution in [-0.2, 0) is 6.42 Å². The van der Waals surface area contributed by atoms with Crippen molar-refractivity contribution in [3.63, 3.8) is 0 Å². The fraction of sp³-hybridized carbons (Fsp3) is 0.125. The Hall–Kier alpha value is -2.38. The van der Waals surface area contributed by atoms with E-state index in [0.717, 1.165) is 5.52 Å². The predicted octanol–water partition coefficient (Wildman–Crippen LogP) is 3.82. The van der Waals surface area contributed by atoms with Crippen molar-refractivity contribution in [2.24, 2.45) is 0 Å². The maximum absolute atomic E-state index is 13.5. The van der Waals surface area contributed by atoms with E-state index in [1.165, 1.54) is 12.1 Å². The summed E-state index contributed by atoms with van der Waals surface area (Å²) in [5.41, 5.74) is 2.57. The molecule has 0 bridgehead atoms. The lowest BCUT2D eigenvalue weighted by Gasteiger charge is -2.08. The van der Waals surface area contributed by atoms with Gasteiger partial charge in [0, 0.05) is 12.3 Å². The SMILES string of the molecule is N#Cc1cccc2c1nc(CCCl)n2-c1cccc(F)c1. The number of nitrogens with zero attached hydrogens (tertiary/aromatic N) is 3. The van der Waals surface area contributed by atoms with E-state index in [9.17, 15) is 9.65 Å². The standard InChI is InChI=1S/C16H11ClFN3/c17-8-7-15-20-16-11(10-19)3-1-6-14(16)21(15)13-5-2-4-12(18)9-13/h1-6,9H,7-8H2. The van der Waals surface area contributed by atoms with E-state index in [2.05, 4.69) is 11.1 Å². The van der Waals surface area contributed by atoms with E-state index < -0.39 is 0 Å². The highest BCUT2D eigenvalue weighted by atomic mass is 35.5. The summed E-state index contributed by atoms with van der Waals surface area (Å²) < 4.78 is 15.4. The maximum Gasteiger partial charge on any atom is 0.125 e. The molecule has 0 aliphatic carbocycles. The van der Waals surface area contributed by atoms with Crippen LogP contribution in [-0.4, -0.2) is 15.4 Å². The number of imidazole rings is 1. The highest BCUT2D eigenvalue weighted by Gasteiger charge is 2.14. The van der Waals surface area contributed by atoms with Crippen LogP contribution in [0.3, 0.4) is 0 Å². The van der Waals surface area contributed by atoms with Gasteiger partial charge in [0.25, 0.3) is 0 Å². The van der Waals surface area contributed by atoms with Crippen molar-refractivity contribution in [1.82, 2.24) is 9.55 Å². The van der Waals surface area contributed by atoms with Gasteiger partial charge in [-0.25, -0.2) is 9.37 Å². The smallest absolute Gasteiger partial charge is 0.125 e. The number of halogens is 2. The van der Waals surface area contributed by atoms with Gasteiger partial charge >= 0.3 is 0 Å². The number of hydrogen-bond acceptors (Lipinski definition) is 2. The Labute approximate surface area is 126 Å². The number of hydrogen-bond donors (Lipinski definition) is 0. The molecule has 0 spiro atoms. The van der Waals surface area contributed by atoms with Crippen LogP contribution < -0.4 is 0 Å². The Balaban J connectivity index is 2.34. The number of para-hydroxylation sites is 1. The zero-order valence-electron chi connectivity index (χ0n) is 11.1. The number of nitriles is 1. The number of alkyl halides is 1. The van der Waals surface area contributed by atoms with Crippen LogP contribution in [0.4, 0.5) is 4.39 Å². The Bertz CT molecular complexity index is 848. The third-order valence-electron chi connectivity index (χ3n) is 3.26. The minimum atomic E-state index is -0.317. The molecule has 3 aromatic rings. The van der Waals surface area contributed by atoms with E-state index >= 15 is 0 Å². The summed E-state index contributed by atoms with van der Waals surface area (Å²) in [5, 5.41) is 9.20. The van der Waals surface area contributed by atoms with Crippen LogP contribution in [0.25, 0.3) is 16.7 Å². The molecule has 0 unspecified atom stereocenters. The molecular weight excluding hydrogens is 289 g/mol. The Morgan fingerprint density at radius 1 is 1.24 bits per heavy atom. The van der Waals surface area contributed by atoms with Crippen molar-refractivity contribution in [2.45, 2.75) is 6.42 Å². The lowest BCUT2D eigenvalue weighted by atomic mass is 10.2. The van der Waals surface area contributed by atoms with Gasteiger partial charge in [-0.2, -0.15) is 5.26 Å². The number of aryl methyl sites for hydroxylation is 1. The molecule has 0 aliphatic rings. The first kappa shape index (κ1) is 13.6. The van der Waals surface area contributed by atoms with Crippen molar-refractivity contribution in [2.75, 3.05) is 5.88 Å². The van der Waals surface area contributed by atoms with Gasteiger partial charge in [-0.15, -0.1) is 11.6 Å². The summed E-state index contributed by atoms with van der Waals surface area (Å²) in [5.74, 6) is 0.802. The van der Waals surface area contributed by atoms with Crippen molar-refractivity contribution in [3.8, 4) is 11.8 Å². The van der Waals surface area contributed by atoms with E-state index in [0.29, 0.717) is 34.9 Å². The van der Waals surface area contributed by atoms with Crippen LogP contribution in [0.5, 0.6) is 0 Å². The number of rotatable bonds is 3. The van der Waals surface area contributed by atoms with E-state index in [4.69, 9.17) is 11.6 Å². The van der Waals surface area contributed by atoms with Gasteiger partial charge in [0.1, 0.15) is 23.2 Å². The number of aromatic nitrogens is 2. The largest absolute Gasteiger partial charge is 0.296 e. The summed E-state index contributed by atoms with van der Waals surface area (Å²) >= 11 is 5.84. The zero-order valence-corrected chi connectivity index (χ0v) is 11.8. The Kier molecular flexibility index (Phi) is 3.59. The Morgan fingerprint density at radius 2 is 2.05 bits per heavy atom. The summed E-state index contributed by atoms with van der Waals surface area (Å²) in [6, 6.07) is 13.8. The number of benzene rings is 2. The molecule has 0 N–H and O–H groups in total. The predicted molar refractivity (Wildman–Crippen MR) is 80.2 cm³/mol. The molecule has 3 rings (SSSR count). The first-order chi connectivity index (χ1) is 10.2. The molecule has 0 fully saturated rings. The molecule has 3 nitrogen and oxygen atoms in total. The second kappa shape index (κ2) is 5.55. The third-order valence-corrected chi connectivity index (χ3v) is 3.45. The second-order valence-electron chi connectivity index (χ2n) is 4.57. The molecule has 0 radical (unpaired) electrons. The maximum atomic E-state index is 13.5. The normalized spacial score (nSPS) is 10.7. The minimum Gasteiger partial charge on any atom is -0.296 e. The topological polar surface area (TPSA) is 41.6 Å². The van der Waals surface area contributed by atoms with Crippen molar-refractivity contribution in [3.05, 3.63) is 59.7 Å². The molecule has 5 heteroatoms. The van der Waals surface area contributed by atoms with E-state index in [1.807, 2.05) is 10.6 Å². The molecule has 1 aromatic heterocycles. The second-order valence-corrected chi connectivity index (χ2v) is 4.95. The van der Waals surface area contributed by atoms with Gasteiger partial charge in [0.15, 0.2) is 0 Å². The number of fused-ring (bicyclic) bond motifs is 1.